The first-order chi connectivity index (χ1) is 12.8. The van der Waals surface area contributed by atoms with Crippen molar-refractivity contribution in [2.75, 3.05) is 16.8 Å². The van der Waals surface area contributed by atoms with E-state index in [0.29, 0.717) is 23.0 Å². The number of fused-ring (bicyclic) bond motifs is 1. The van der Waals surface area contributed by atoms with E-state index in [1.807, 2.05) is 0 Å². The van der Waals surface area contributed by atoms with Crippen LogP contribution in [0.4, 0.5) is 5.69 Å². The van der Waals surface area contributed by atoms with Gasteiger partial charge in [-0.25, -0.2) is 8.42 Å². The van der Waals surface area contributed by atoms with Crippen LogP contribution in [0.25, 0.3) is 0 Å². The van der Waals surface area contributed by atoms with E-state index in [1.165, 1.54) is 23.9 Å². The van der Waals surface area contributed by atoms with Crippen LogP contribution >= 0.6 is 23.4 Å². The van der Waals surface area contributed by atoms with Gasteiger partial charge in [0.1, 0.15) is 0 Å². The zero-order valence-electron chi connectivity index (χ0n) is 14.2. The molecule has 2 aromatic rings. The Hall–Kier alpha value is -2.03. The Morgan fingerprint density at radius 3 is 2.67 bits per heavy atom. The number of thioether (sulfide) groups is 1. The van der Waals surface area contributed by atoms with Crippen molar-refractivity contribution in [3.63, 3.8) is 0 Å². The predicted octanol–water partition coefficient (Wildman–Crippen LogP) is 2.86. The molecular weight excluding hydrogens is 408 g/mol. The number of halogens is 1. The highest BCUT2D eigenvalue weighted by Gasteiger charge is 2.21. The summed E-state index contributed by atoms with van der Waals surface area (Å²) in [5, 5.41) is 5.97. The lowest BCUT2D eigenvalue weighted by molar-refractivity contribution is -0.120. The molecule has 1 heterocycles. The molecule has 0 saturated carbocycles. The molecule has 0 fully saturated rings. The van der Waals surface area contributed by atoms with E-state index < -0.39 is 9.84 Å². The fourth-order valence-electron chi connectivity index (χ4n) is 2.49. The first-order valence-corrected chi connectivity index (χ1v) is 11.2. The quantitative estimate of drug-likeness (QED) is 0.743. The number of carbonyl (C=O) groups is 2. The molecule has 1 aliphatic rings. The summed E-state index contributed by atoms with van der Waals surface area (Å²) in [6.45, 7) is 0.304. The summed E-state index contributed by atoms with van der Waals surface area (Å²) in [5.74, 6) is -0.509. The van der Waals surface area contributed by atoms with Crippen molar-refractivity contribution in [3.8, 4) is 0 Å². The van der Waals surface area contributed by atoms with Gasteiger partial charge in [0.25, 0.3) is 0 Å². The van der Waals surface area contributed by atoms with Crippen LogP contribution in [-0.4, -0.2) is 31.7 Å². The average molecular weight is 425 g/mol. The smallest absolute Gasteiger partial charge is 0.234 e. The molecule has 1 aliphatic heterocycles. The van der Waals surface area contributed by atoms with E-state index in [9.17, 15) is 18.0 Å². The van der Waals surface area contributed by atoms with Crippen molar-refractivity contribution in [2.24, 2.45) is 0 Å². The second kappa shape index (κ2) is 8.33. The summed E-state index contributed by atoms with van der Waals surface area (Å²) < 4.78 is 25.0. The minimum Gasteiger partial charge on any atom is -0.352 e. The zero-order valence-corrected chi connectivity index (χ0v) is 16.6. The van der Waals surface area contributed by atoms with E-state index in [0.717, 1.165) is 10.5 Å². The van der Waals surface area contributed by atoms with E-state index in [4.69, 9.17) is 11.6 Å². The van der Waals surface area contributed by atoms with Gasteiger partial charge in [-0.3, -0.25) is 9.59 Å². The van der Waals surface area contributed by atoms with E-state index in [-0.39, 0.29) is 28.9 Å². The van der Waals surface area contributed by atoms with Gasteiger partial charge < -0.3 is 10.6 Å². The van der Waals surface area contributed by atoms with Crippen molar-refractivity contribution in [3.05, 3.63) is 53.1 Å². The monoisotopic (exact) mass is 424 g/mol. The second-order valence-electron chi connectivity index (χ2n) is 5.97. The summed E-state index contributed by atoms with van der Waals surface area (Å²) in [5.41, 5.74) is 1.36. The van der Waals surface area contributed by atoms with Gasteiger partial charge in [0, 0.05) is 22.9 Å². The minimum atomic E-state index is -3.63. The molecule has 9 heteroatoms. The lowest BCUT2D eigenvalue weighted by Crippen LogP contribution is -2.25. The highest BCUT2D eigenvalue weighted by atomic mass is 35.5. The SMILES string of the molecule is O=C(CCS(=O)(=O)c1ccc2c(c1)NC(=O)CS2)NCc1ccc(Cl)cc1. The number of anilines is 1. The molecule has 0 radical (unpaired) electrons. The lowest BCUT2D eigenvalue weighted by atomic mass is 10.2. The molecule has 0 aliphatic carbocycles. The second-order valence-corrected chi connectivity index (χ2v) is 9.53. The molecular formula is C18H17ClN2O4S2. The Labute approximate surface area is 166 Å². The predicted molar refractivity (Wildman–Crippen MR) is 106 cm³/mol. The number of benzene rings is 2. The first-order valence-electron chi connectivity index (χ1n) is 8.14. The molecule has 0 atom stereocenters. The Morgan fingerprint density at radius 2 is 1.93 bits per heavy atom. The van der Waals surface area contributed by atoms with Crippen LogP contribution in [0.15, 0.2) is 52.3 Å². The largest absolute Gasteiger partial charge is 0.352 e. The van der Waals surface area contributed by atoms with E-state index in [1.54, 1.807) is 30.3 Å². The third-order valence-electron chi connectivity index (χ3n) is 3.94. The van der Waals surface area contributed by atoms with Crippen molar-refractivity contribution < 1.29 is 18.0 Å². The Kier molecular flexibility index (Phi) is 6.08. The topological polar surface area (TPSA) is 92.3 Å². The van der Waals surface area contributed by atoms with Gasteiger partial charge in [0.05, 0.1) is 22.1 Å². The van der Waals surface area contributed by atoms with Gasteiger partial charge in [0.2, 0.25) is 11.8 Å². The maximum atomic E-state index is 12.5. The number of amides is 2. The molecule has 3 rings (SSSR count). The van der Waals surface area contributed by atoms with Crippen molar-refractivity contribution >= 4 is 50.7 Å². The van der Waals surface area contributed by atoms with E-state index >= 15 is 0 Å². The fraction of sp³-hybridized carbons (Fsp3) is 0.222. The number of sulfone groups is 1. The summed E-state index contributed by atoms with van der Waals surface area (Å²) in [6, 6.07) is 11.6. The Bertz CT molecular complexity index is 975. The summed E-state index contributed by atoms with van der Waals surface area (Å²) >= 11 is 7.17. The van der Waals surface area contributed by atoms with Crippen LogP contribution in [-0.2, 0) is 26.0 Å². The van der Waals surface area contributed by atoms with E-state index in [2.05, 4.69) is 10.6 Å². The summed E-state index contributed by atoms with van der Waals surface area (Å²) in [6.07, 6.45) is -0.145. The van der Waals surface area contributed by atoms with Gasteiger partial charge in [-0.1, -0.05) is 23.7 Å². The molecule has 6 nitrogen and oxygen atoms in total. The number of rotatable bonds is 6. The van der Waals surface area contributed by atoms with Gasteiger partial charge in [-0.2, -0.15) is 0 Å². The standard InChI is InChI=1S/C18H17ClN2O4S2/c19-13-3-1-12(2-4-13)10-20-17(22)7-8-27(24,25)14-5-6-16-15(9-14)21-18(23)11-26-16/h1-6,9H,7-8,10-11H2,(H,20,22)(H,21,23). The Balaban J connectivity index is 1.58. The summed E-state index contributed by atoms with van der Waals surface area (Å²) in [7, 11) is -3.63. The van der Waals surface area contributed by atoms with Crippen LogP contribution in [0.5, 0.6) is 0 Å². The van der Waals surface area contributed by atoms with Crippen LogP contribution in [0, 0.1) is 0 Å². The Morgan fingerprint density at radius 1 is 1.19 bits per heavy atom. The number of hydrogen-bond acceptors (Lipinski definition) is 5. The molecule has 2 N–H and O–H groups in total. The number of carbonyl (C=O) groups excluding carboxylic acids is 2. The van der Waals surface area contributed by atoms with Crippen molar-refractivity contribution in [1.82, 2.24) is 5.32 Å². The van der Waals surface area contributed by atoms with Gasteiger partial charge in [0.15, 0.2) is 9.84 Å². The molecule has 142 valence electrons. The molecule has 2 aromatic carbocycles. The van der Waals surface area contributed by atoms with Gasteiger partial charge in [-0.05, 0) is 35.9 Å². The average Bonchev–Trinajstić information content (AvgIpc) is 2.65. The number of nitrogens with one attached hydrogen (secondary N) is 2. The molecule has 27 heavy (non-hydrogen) atoms. The first kappa shape index (κ1) is 19.7. The number of hydrogen-bond donors (Lipinski definition) is 2. The van der Waals surface area contributed by atoms with Crippen LogP contribution in [0.1, 0.15) is 12.0 Å². The van der Waals surface area contributed by atoms with Crippen LogP contribution < -0.4 is 10.6 Å². The maximum absolute atomic E-state index is 12.5. The highest BCUT2D eigenvalue weighted by Crippen LogP contribution is 2.33. The molecule has 0 saturated heterocycles. The minimum absolute atomic E-state index is 0.0922. The van der Waals surface area contributed by atoms with Gasteiger partial charge in [-0.15, -0.1) is 11.8 Å². The normalized spacial score (nSPS) is 13.6. The molecule has 2 amide bonds. The maximum Gasteiger partial charge on any atom is 0.234 e. The van der Waals surface area contributed by atoms with Gasteiger partial charge >= 0.3 is 0 Å². The molecule has 0 aromatic heterocycles. The lowest BCUT2D eigenvalue weighted by Gasteiger charge is -2.17. The fourth-order valence-corrected chi connectivity index (χ4v) is 4.67. The third kappa shape index (κ3) is 5.24. The summed E-state index contributed by atoms with van der Waals surface area (Å²) in [4.78, 5) is 24.4. The molecule has 0 unspecified atom stereocenters. The van der Waals surface area contributed by atoms with Crippen LogP contribution in [0.3, 0.4) is 0 Å². The molecule has 0 spiro atoms. The highest BCUT2D eigenvalue weighted by molar-refractivity contribution is 8.00. The van der Waals surface area contributed by atoms with Crippen LogP contribution in [0.2, 0.25) is 5.02 Å². The third-order valence-corrected chi connectivity index (χ3v) is 6.98. The van der Waals surface area contributed by atoms with Crippen molar-refractivity contribution in [2.45, 2.75) is 22.8 Å². The van der Waals surface area contributed by atoms with Crippen molar-refractivity contribution in [1.29, 1.82) is 0 Å². The zero-order chi connectivity index (χ0) is 19.4. The molecule has 0 bridgehead atoms.